The maximum absolute atomic E-state index is 11.8. The van der Waals surface area contributed by atoms with Gasteiger partial charge in [0.05, 0.1) is 0 Å². The minimum absolute atomic E-state index is 0.0653. The van der Waals surface area contributed by atoms with E-state index in [1.807, 2.05) is 6.07 Å². The van der Waals surface area contributed by atoms with Gasteiger partial charge in [-0.1, -0.05) is 39.0 Å². The second-order valence-corrected chi connectivity index (χ2v) is 6.98. The Morgan fingerprint density at radius 1 is 1.30 bits per heavy atom. The number of benzene rings is 1. The highest BCUT2D eigenvalue weighted by Gasteiger charge is 2.23. The molecule has 1 amide bonds. The molecule has 1 unspecified atom stereocenters. The lowest BCUT2D eigenvalue weighted by molar-refractivity contribution is -0.122. The van der Waals surface area contributed by atoms with Crippen LogP contribution in [0.25, 0.3) is 0 Å². The van der Waals surface area contributed by atoms with E-state index in [1.54, 1.807) is 0 Å². The van der Waals surface area contributed by atoms with Gasteiger partial charge >= 0.3 is 0 Å². The lowest BCUT2D eigenvalue weighted by atomic mass is 9.92. The molecule has 1 N–H and O–H groups in total. The molecule has 1 saturated heterocycles. The van der Waals surface area contributed by atoms with Crippen LogP contribution in [0.3, 0.4) is 0 Å². The molecule has 110 valence electrons. The molecule has 1 aromatic carbocycles. The summed E-state index contributed by atoms with van der Waals surface area (Å²) < 4.78 is 0. The molecule has 3 nitrogen and oxygen atoms in total. The number of hydrogen-bond acceptors (Lipinski definition) is 2. The molecule has 0 aliphatic carbocycles. The van der Waals surface area contributed by atoms with Gasteiger partial charge in [0, 0.05) is 31.7 Å². The lowest BCUT2D eigenvalue weighted by Crippen LogP contribution is -2.33. The lowest BCUT2D eigenvalue weighted by Gasteiger charge is -2.20. The van der Waals surface area contributed by atoms with Gasteiger partial charge in [-0.15, -0.1) is 0 Å². The molecule has 0 spiro atoms. The van der Waals surface area contributed by atoms with Crippen LogP contribution in [0.15, 0.2) is 30.3 Å². The van der Waals surface area contributed by atoms with Gasteiger partial charge in [-0.05, 0) is 29.9 Å². The third-order valence-corrected chi connectivity index (χ3v) is 3.69. The van der Waals surface area contributed by atoms with Crippen molar-refractivity contribution < 1.29 is 4.79 Å². The second kappa shape index (κ2) is 6.29. The number of rotatable bonds is 4. The summed E-state index contributed by atoms with van der Waals surface area (Å²) in [6.45, 7) is 9.22. The zero-order chi connectivity index (χ0) is 14.6. The maximum atomic E-state index is 11.8. The van der Waals surface area contributed by atoms with Crippen molar-refractivity contribution in [1.82, 2.24) is 5.32 Å². The van der Waals surface area contributed by atoms with E-state index in [-0.39, 0.29) is 11.3 Å². The average Bonchev–Trinajstić information content (AvgIpc) is 2.84. The first-order valence-corrected chi connectivity index (χ1v) is 7.51. The zero-order valence-corrected chi connectivity index (χ0v) is 12.9. The molecule has 0 saturated carbocycles. The Hall–Kier alpha value is -1.51. The van der Waals surface area contributed by atoms with Crippen LogP contribution in [0, 0.1) is 11.3 Å². The first-order valence-electron chi connectivity index (χ1n) is 7.51. The van der Waals surface area contributed by atoms with E-state index < -0.39 is 0 Å². The predicted octanol–water partition coefficient (Wildman–Crippen LogP) is 3.07. The van der Waals surface area contributed by atoms with E-state index in [1.165, 1.54) is 5.69 Å². The van der Waals surface area contributed by atoms with Crippen LogP contribution in [0.4, 0.5) is 5.69 Å². The molecule has 20 heavy (non-hydrogen) atoms. The summed E-state index contributed by atoms with van der Waals surface area (Å²) in [4.78, 5) is 14.2. The molecule has 0 aromatic heterocycles. The van der Waals surface area contributed by atoms with Crippen molar-refractivity contribution in [1.29, 1.82) is 0 Å². The fourth-order valence-corrected chi connectivity index (χ4v) is 2.67. The van der Waals surface area contributed by atoms with Crippen molar-refractivity contribution in [3.8, 4) is 0 Å². The minimum atomic E-state index is 0.0653. The van der Waals surface area contributed by atoms with Crippen molar-refractivity contribution >= 4 is 11.6 Å². The quantitative estimate of drug-likeness (QED) is 0.915. The van der Waals surface area contributed by atoms with E-state index in [0.717, 1.165) is 26.1 Å². The highest BCUT2D eigenvalue weighted by Crippen LogP contribution is 2.23. The van der Waals surface area contributed by atoms with E-state index in [4.69, 9.17) is 0 Å². The molecule has 0 bridgehead atoms. The topological polar surface area (TPSA) is 32.3 Å². The third-order valence-electron chi connectivity index (χ3n) is 3.69. The summed E-state index contributed by atoms with van der Waals surface area (Å²) in [5.74, 6) is 0.745. The number of carbonyl (C=O) groups is 1. The Morgan fingerprint density at radius 2 is 2.00 bits per heavy atom. The fraction of sp³-hybridized carbons (Fsp3) is 0.588. The van der Waals surface area contributed by atoms with Crippen LogP contribution < -0.4 is 10.2 Å². The highest BCUT2D eigenvalue weighted by molar-refractivity contribution is 5.76. The Balaban J connectivity index is 1.75. The molecular weight excluding hydrogens is 248 g/mol. The van der Waals surface area contributed by atoms with Gasteiger partial charge in [-0.25, -0.2) is 0 Å². The Morgan fingerprint density at radius 3 is 2.65 bits per heavy atom. The van der Waals surface area contributed by atoms with Gasteiger partial charge in [0.1, 0.15) is 0 Å². The standard InChI is InChI=1S/C17H26N2O/c1-17(2,3)11-16(20)18-12-14-9-10-19(13-14)15-7-5-4-6-8-15/h4-8,14H,9-13H2,1-3H3,(H,18,20). The first kappa shape index (κ1) is 14.9. The number of anilines is 1. The van der Waals surface area contributed by atoms with Gasteiger partial charge in [-0.2, -0.15) is 0 Å². The molecule has 0 radical (unpaired) electrons. The van der Waals surface area contributed by atoms with Crippen LogP contribution in [-0.4, -0.2) is 25.5 Å². The van der Waals surface area contributed by atoms with Crippen molar-refractivity contribution in [3.05, 3.63) is 30.3 Å². The third kappa shape index (κ3) is 4.55. The number of nitrogens with zero attached hydrogens (tertiary/aromatic N) is 1. The average molecular weight is 274 g/mol. The second-order valence-electron chi connectivity index (χ2n) is 6.98. The molecule has 1 aliphatic rings. The summed E-state index contributed by atoms with van der Waals surface area (Å²) >= 11 is 0. The molecule has 1 atom stereocenters. The SMILES string of the molecule is CC(C)(C)CC(=O)NCC1CCN(c2ccccc2)C1. The van der Waals surface area contributed by atoms with Gasteiger partial charge in [0.2, 0.25) is 5.91 Å². The number of para-hydroxylation sites is 1. The number of hydrogen-bond donors (Lipinski definition) is 1. The predicted molar refractivity (Wildman–Crippen MR) is 83.8 cm³/mol. The number of nitrogens with one attached hydrogen (secondary N) is 1. The van der Waals surface area contributed by atoms with Crippen LogP contribution in [0.1, 0.15) is 33.6 Å². The van der Waals surface area contributed by atoms with Gasteiger partial charge < -0.3 is 10.2 Å². The molecular formula is C17H26N2O. The number of amides is 1. The summed E-state index contributed by atoms with van der Waals surface area (Å²) in [6, 6.07) is 10.5. The molecule has 2 rings (SSSR count). The van der Waals surface area contributed by atoms with E-state index in [2.05, 4.69) is 55.3 Å². The molecule has 1 heterocycles. The van der Waals surface area contributed by atoms with Crippen LogP contribution in [0.2, 0.25) is 0 Å². The van der Waals surface area contributed by atoms with Gasteiger partial charge in [0.25, 0.3) is 0 Å². The first-order chi connectivity index (χ1) is 9.44. The molecule has 3 heteroatoms. The molecule has 1 aliphatic heterocycles. The summed E-state index contributed by atoms with van der Waals surface area (Å²) in [5, 5.41) is 3.09. The molecule has 1 aromatic rings. The monoisotopic (exact) mass is 274 g/mol. The Kier molecular flexibility index (Phi) is 4.69. The largest absolute Gasteiger partial charge is 0.371 e. The highest BCUT2D eigenvalue weighted by atomic mass is 16.1. The Bertz CT molecular complexity index is 436. The van der Waals surface area contributed by atoms with E-state index >= 15 is 0 Å². The smallest absolute Gasteiger partial charge is 0.220 e. The normalized spacial score (nSPS) is 19.1. The fourth-order valence-electron chi connectivity index (χ4n) is 2.67. The Labute approximate surface area is 122 Å². The minimum Gasteiger partial charge on any atom is -0.371 e. The van der Waals surface area contributed by atoms with Crippen LogP contribution >= 0.6 is 0 Å². The summed E-state index contributed by atoms with van der Waals surface area (Å²) in [6.07, 6.45) is 1.76. The summed E-state index contributed by atoms with van der Waals surface area (Å²) in [5.41, 5.74) is 1.35. The summed E-state index contributed by atoms with van der Waals surface area (Å²) in [7, 11) is 0. The number of carbonyl (C=O) groups excluding carboxylic acids is 1. The zero-order valence-electron chi connectivity index (χ0n) is 12.9. The van der Waals surface area contributed by atoms with Crippen molar-refractivity contribution in [2.75, 3.05) is 24.5 Å². The van der Waals surface area contributed by atoms with Crippen molar-refractivity contribution in [2.24, 2.45) is 11.3 Å². The van der Waals surface area contributed by atoms with Crippen molar-refractivity contribution in [2.45, 2.75) is 33.6 Å². The maximum Gasteiger partial charge on any atom is 0.220 e. The van der Waals surface area contributed by atoms with E-state index in [9.17, 15) is 4.79 Å². The van der Waals surface area contributed by atoms with Gasteiger partial charge in [0.15, 0.2) is 0 Å². The van der Waals surface area contributed by atoms with Crippen LogP contribution in [0.5, 0.6) is 0 Å². The van der Waals surface area contributed by atoms with Crippen molar-refractivity contribution in [3.63, 3.8) is 0 Å². The molecule has 1 fully saturated rings. The van der Waals surface area contributed by atoms with Crippen LogP contribution in [-0.2, 0) is 4.79 Å². The van der Waals surface area contributed by atoms with Gasteiger partial charge in [-0.3, -0.25) is 4.79 Å². The van der Waals surface area contributed by atoms with E-state index in [0.29, 0.717) is 12.3 Å².